The van der Waals surface area contributed by atoms with Gasteiger partial charge in [-0.2, -0.15) is 0 Å². The summed E-state index contributed by atoms with van der Waals surface area (Å²) < 4.78 is 0. The second kappa shape index (κ2) is 6.70. The fourth-order valence-corrected chi connectivity index (χ4v) is 2.82. The van der Waals surface area contributed by atoms with Crippen LogP contribution >= 0.6 is 11.3 Å². The number of hydrogen-bond acceptors (Lipinski definition) is 3. The van der Waals surface area contributed by atoms with Crippen molar-refractivity contribution in [3.8, 4) is 0 Å². The fourth-order valence-electron chi connectivity index (χ4n) is 2.09. The van der Waals surface area contributed by atoms with E-state index in [0.717, 1.165) is 4.88 Å². The Kier molecular flexibility index (Phi) is 5.54. The van der Waals surface area contributed by atoms with Gasteiger partial charge in [0.1, 0.15) is 0 Å². The van der Waals surface area contributed by atoms with Crippen LogP contribution in [0.25, 0.3) is 0 Å². The lowest BCUT2D eigenvalue weighted by Crippen LogP contribution is -2.37. The monoisotopic (exact) mass is 283 g/mol. The van der Waals surface area contributed by atoms with Crippen molar-refractivity contribution >= 4 is 23.2 Å². The zero-order valence-corrected chi connectivity index (χ0v) is 12.4. The lowest BCUT2D eigenvalue weighted by molar-refractivity contribution is -0.152. The second-order valence-electron chi connectivity index (χ2n) is 4.77. The van der Waals surface area contributed by atoms with E-state index in [1.807, 2.05) is 38.3 Å². The summed E-state index contributed by atoms with van der Waals surface area (Å²) in [7, 11) is 0. The van der Waals surface area contributed by atoms with Crippen molar-refractivity contribution in [2.75, 3.05) is 0 Å². The SMILES string of the molecule is CCC(CC)(CC(=O)N[C@H](C)c1cccs1)C(=O)O. The molecular formula is C14H21NO3S. The van der Waals surface area contributed by atoms with Crippen LogP contribution in [-0.2, 0) is 9.59 Å². The first-order valence-electron chi connectivity index (χ1n) is 6.51. The van der Waals surface area contributed by atoms with E-state index in [2.05, 4.69) is 5.32 Å². The summed E-state index contributed by atoms with van der Waals surface area (Å²) in [6.45, 7) is 5.53. The lowest BCUT2D eigenvalue weighted by atomic mass is 9.79. The molecule has 0 unspecified atom stereocenters. The molecule has 1 aromatic heterocycles. The molecule has 0 saturated heterocycles. The topological polar surface area (TPSA) is 66.4 Å². The highest BCUT2D eigenvalue weighted by molar-refractivity contribution is 7.10. The summed E-state index contributed by atoms with van der Waals surface area (Å²) in [5.74, 6) is -1.09. The maximum Gasteiger partial charge on any atom is 0.310 e. The van der Waals surface area contributed by atoms with Gasteiger partial charge < -0.3 is 10.4 Å². The van der Waals surface area contributed by atoms with Crippen molar-refractivity contribution < 1.29 is 14.7 Å². The van der Waals surface area contributed by atoms with E-state index < -0.39 is 11.4 Å². The molecule has 2 N–H and O–H groups in total. The Hall–Kier alpha value is -1.36. The molecule has 106 valence electrons. The predicted molar refractivity (Wildman–Crippen MR) is 76.1 cm³/mol. The Morgan fingerprint density at radius 2 is 2.05 bits per heavy atom. The highest BCUT2D eigenvalue weighted by Crippen LogP contribution is 2.31. The first kappa shape index (κ1) is 15.7. The van der Waals surface area contributed by atoms with Crippen LogP contribution in [-0.4, -0.2) is 17.0 Å². The number of carbonyl (C=O) groups is 2. The molecule has 0 radical (unpaired) electrons. The van der Waals surface area contributed by atoms with Crippen LogP contribution < -0.4 is 5.32 Å². The largest absolute Gasteiger partial charge is 0.481 e. The van der Waals surface area contributed by atoms with Crippen molar-refractivity contribution in [1.82, 2.24) is 5.32 Å². The van der Waals surface area contributed by atoms with Crippen LogP contribution in [0, 0.1) is 5.41 Å². The smallest absolute Gasteiger partial charge is 0.310 e. The van der Waals surface area contributed by atoms with Crippen molar-refractivity contribution in [2.24, 2.45) is 5.41 Å². The summed E-state index contributed by atoms with van der Waals surface area (Å²) in [5, 5.41) is 14.1. The first-order valence-corrected chi connectivity index (χ1v) is 7.39. The first-order chi connectivity index (χ1) is 8.95. The summed E-state index contributed by atoms with van der Waals surface area (Å²) in [6, 6.07) is 3.81. The number of thiophene rings is 1. The summed E-state index contributed by atoms with van der Waals surface area (Å²) >= 11 is 1.58. The second-order valence-corrected chi connectivity index (χ2v) is 5.75. The van der Waals surface area contributed by atoms with Crippen LogP contribution in [0.5, 0.6) is 0 Å². The normalized spacial score (nSPS) is 13.0. The molecule has 1 heterocycles. The van der Waals surface area contributed by atoms with Gasteiger partial charge in [-0.15, -0.1) is 11.3 Å². The van der Waals surface area contributed by atoms with Gasteiger partial charge >= 0.3 is 5.97 Å². The highest BCUT2D eigenvalue weighted by Gasteiger charge is 2.37. The lowest BCUT2D eigenvalue weighted by Gasteiger charge is -2.26. The minimum atomic E-state index is -0.945. The molecule has 0 aromatic carbocycles. The quantitative estimate of drug-likeness (QED) is 0.807. The Morgan fingerprint density at radius 1 is 1.42 bits per heavy atom. The van der Waals surface area contributed by atoms with E-state index in [0.29, 0.717) is 12.8 Å². The minimum absolute atomic E-state index is 0.0328. The molecule has 1 aromatic rings. The third-order valence-electron chi connectivity index (χ3n) is 3.65. The van der Waals surface area contributed by atoms with E-state index in [4.69, 9.17) is 0 Å². The number of nitrogens with one attached hydrogen (secondary N) is 1. The van der Waals surface area contributed by atoms with E-state index in [-0.39, 0.29) is 18.4 Å². The van der Waals surface area contributed by atoms with Gasteiger partial charge in [-0.05, 0) is 31.2 Å². The van der Waals surface area contributed by atoms with Gasteiger partial charge in [-0.25, -0.2) is 0 Å². The zero-order valence-electron chi connectivity index (χ0n) is 11.6. The Balaban J connectivity index is 2.66. The van der Waals surface area contributed by atoms with Crippen LogP contribution in [0.1, 0.15) is 51.0 Å². The predicted octanol–water partition coefficient (Wildman–Crippen LogP) is 3.21. The van der Waals surface area contributed by atoms with Crippen LogP contribution in [0.3, 0.4) is 0 Å². The molecule has 0 bridgehead atoms. The molecule has 0 aliphatic heterocycles. The van der Waals surface area contributed by atoms with Crippen molar-refractivity contribution in [2.45, 2.75) is 46.1 Å². The minimum Gasteiger partial charge on any atom is -0.481 e. The van der Waals surface area contributed by atoms with Crippen LogP contribution in [0.2, 0.25) is 0 Å². The number of carboxylic acids is 1. The van der Waals surface area contributed by atoms with E-state index >= 15 is 0 Å². The van der Waals surface area contributed by atoms with E-state index in [9.17, 15) is 14.7 Å². The van der Waals surface area contributed by atoms with Gasteiger partial charge in [0.15, 0.2) is 0 Å². The maximum atomic E-state index is 12.0. The Morgan fingerprint density at radius 3 is 2.47 bits per heavy atom. The third-order valence-corrected chi connectivity index (χ3v) is 4.71. The zero-order chi connectivity index (χ0) is 14.5. The average Bonchev–Trinajstić information content (AvgIpc) is 2.89. The number of carboxylic acid groups (broad SMARTS) is 1. The molecule has 0 aliphatic rings. The van der Waals surface area contributed by atoms with Gasteiger partial charge in [-0.3, -0.25) is 9.59 Å². The Labute approximate surface area is 117 Å². The van der Waals surface area contributed by atoms with Crippen LogP contribution in [0.4, 0.5) is 0 Å². The molecule has 1 amide bonds. The summed E-state index contributed by atoms with van der Waals surface area (Å²) in [6.07, 6.45) is 0.949. The number of hydrogen-bond donors (Lipinski definition) is 2. The van der Waals surface area contributed by atoms with E-state index in [1.165, 1.54) is 0 Å². The molecule has 1 rings (SSSR count). The van der Waals surface area contributed by atoms with Crippen molar-refractivity contribution in [3.05, 3.63) is 22.4 Å². The number of amides is 1. The fraction of sp³-hybridized carbons (Fsp3) is 0.571. The van der Waals surface area contributed by atoms with Gasteiger partial charge in [0.2, 0.25) is 5.91 Å². The standard InChI is InChI=1S/C14H21NO3S/c1-4-14(5-2,13(17)18)9-12(16)15-10(3)11-7-6-8-19-11/h6-8,10H,4-5,9H2,1-3H3,(H,15,16)(H,17,18)/t10-/m1/s1. The molecule has 0 spiro atoms. The Bertz CT molecular complexity index is 424. The summed E-state index contributed by atoms with van der Waals surface area (Å²) in [4.78, 5) is 24.4. The molecular weight excluding hydrogens is 262 g/mol. The molecule has 0 saturated carbocycles. The van der Waals surface area contributed by atoms with Gasteiger partial charge in [-0.1, -0.05) is 19.9 Å². The molecule has 4 nitrogen and oxygen atoms in total. The summed E-state index contributed by atoms with van der Waals surface area (Å²) in [5.41, 5.74) is -0.945. The van der Waals surface area contributed by atoms with Crippen molar-refractivity contribution in [3.63, 3.8) is 0 Å². The van der Waals surface area contributed by atoms with Gasteiger partial charge in [0.05, 0.1) is 11.5 Å². The molecule has 0 fully saturated rings. The number of rotatable bonds is 7. The molecule has 5 heteroatoms. The maximum absolute atomic E-state index is 12.0. The molecule has 0 aliphatic carbocycles. The average molecular weight is 283 g/mol. The molecule has 19 heavy (non-hydrogen) atoms. The van der Waals surface area contributed by atoms with Gasteiger partial charge in [0.25, 0.3) is 0 Å². The number of carbonyl (C=O) groups excluding carboxylic acids is 1. The third kappa shape index (κ3) is 3.80. The highest BCUT2D eigenvalue weighted by atomic mass is 32.1. The number of aliphatic carboxylic acids is 1. The molecule has 1 atom stereocenters. The van der Waals surface area contributed by atoms with Crippen molar-refractivity contribution in [1.29, 1.82) is 0 Å². The van der Waals surface area contributed by atoms with Crippen LogP contribution in [0.15, 0.2) is 17.5 Å². The van der Waals surface area contributed by atoms with Gasteiger partial charge in [0, 0.05) is 11.3 Å². The van der Waals surface area contributed by atoms with E-state index in [1.54, 1.807) is 11.3 Å².